The summed E-state index contributed by atoms with van der Waals surface area (Å²) in [6.45, 7) is 1.17. The fourth-order valence-electron chi connectivity index (χ4n) is 2.49. The highest BCUT2D eigenvalue weighted by Gasteiger charge is 2.14. The number of fused-ring (bicyclic) bond motifs is 2. The molecule has 3 heterocycles. The first-order chi connectivity index (χ1) is 10.3. The van der Waals surface area contributed by atoms with E-state index in [4.69, 9.17) is 14.2 Å². The number of nitrogens with zero attached hydrogens (tertiary/aromatic N) is 2. The first-order valence-corrected chi connectivity index (χ1v) is 6.77. The zero-order valence-corrected chi connectivity index (χ0v) is 11.6. The second-order valence-electron chi connectivity index (χ2n) is 4.79. The molecule has 0 radical (unpaired) electrons. The number of ether oxygens (including phenoxy) is 3. The van der Waals surface area contributed by atoms with Crippen molar-refractivity contribution >= 4 is 5.65 Å². The topological polar surface area (TPSA) is 45.0 Å². The zero-order chi connectivity index (χ0) is 14.2. The minimum atomic E-state index is 0.579. The average Bonchev–Trinajstić information content (AvgIpc) is 2.98. The zero-order valence-electron chi connectivity index (χ0n) is 11.6. The fourth-order valence-corrected chi connectivity index (χ4v) is 2.49. The Labute approximate surface area is 121 Å². The Hall–Kier alpha value is -2.69. The van der Waals surface area contributed by atoms with Gasteiger partial charge in [-0.3, -0.25) is 0 Å². The highest BCUT2D eigenvalue weighted by molar-refractivity contribution is 5.68. The number of aromatic nitrogens is 2. The summed E-state index contributed by atoms with van der Waals surface area (Å²) >= 11 is 0. The van der Waals surface area contributed by atoms with E-state index in [0.29, 0.717) is 13.2 Å². The van der Waals surface area contributed by atoms with Crippen molar-refractivity contribution in [2.75, 3.05) is 20.3 Å². The minimum absolute atomic E-state index is 0.579. The lowest BCUT2D eigenvalue weighted by Gasteiger charge is -2.18. The van der Waals surface area contributed by atoms with Crippen LogP contribution in [-0.2, 0) is 0 Å². The molecule has 1 aromatic carbocycles. The molecule has 0 unspecified atom stereocenters. The molecule has 1 aliphatic heterocycles. The van der Waals surface area contributed by atoms with Crippen LogP contribution in [0.2, 0.25) is 0 Å². The average molecular weight is 282 g/mol. The van der Waals surface area contributed by atoms with E-state index in [-0.39, 0.29) is 0 Å². The molecule has 5 heteroatoms. The SMILES string of the molecule is COc1cccn2cc(-c3ccc4c(c3)OCCO4)nc12. The van der Waals surface area contributed by atoms with Gasteiger partial charge >= 0.3 is 0 Å². The molecule has 2 aromatic heterocycles. The van der Waals surface area contributed by atoms with Gasteiger partial charge < -0.3 is 18.6 Å². The summed E-state index contributed by atoms with van der Waals surface area (Å²) in [5.41, 5.74) is 2.66. The molecule has 0 spiro atoms. The lowest BCUT2D eigenvalue weighted by atomic mass is 10.1. The second-order valence-corrected chi connectivity index (χ2v) is 4.79. The third-order valence-electron chi connectivity index (χ3n) is 3.50. The predicted octanol–water partition coefficient (Wildman–Crippen LogP) is 2.78. The molecule has 0 bridgehead atoms. The summed E-state index contributed by atoms with van der Waals surface area (Å²) < 4.78 is 18.4. The Morgan fingerprint density at radius 3 is 2.86 bits per heavy atom. The van der Waals surface area contributed by atoms with E-state index in [1.807, 2.05) is 47.1 Å². The Morgan fingerprint density at radius 2 is 2.00 bits per heavy atom. The van der Waals surface area contributed by atoms with Crippen molar-refractivity contribution in [3.8, 4) is 28.5 Å². The van der Waals surface area contributed by atoms with Gasteiger partial charge in [-0.15, -0.1) is 0 Å². The molecule has 21 heavy (non-hydrogen) atoms. The smallest absolute Gasteiger partial charge is 0.180 e. The molecular weight excluding hydrogens is 268 g/mol. The third kappa shape index (κ3) is 1.98. The van der Waals surface area contributed by atoms with Gasteiger partial charge in [0.1, 0.15) is 13.2 Å². The van der Waals surface area contributed by atoms with E-state index in [1.54, 1.807) is 7.11 Å². The van der Waals surface area contributed by atoms with Crippen LogP contribution < -0.4 is 14.2 Å². The molecule has 0 atom stereocenters. The number of methoxy groups -OCH3 is 1. The van der Waals surface area contributed by atoms with Crippen molar-refractivity contribution in [2.45, 2.75) is 0 Å². The van der Waals surface area contributed by atoms with Crippen LogP contribution in [-0.4, -0.2) is 29.7 Å². The van der Waals surface area contributed by atoms with Crippen LogP contribution >= 0.6 is 0 Å². The standard InChI is InChI=1S/C16H14N2O3/c1-19-14-3-2-6-18-10-12(17-16(14)18)11-4-5-13-15(9-11)21-8-7-20-13/h2-6,9-10H,7-8H2,1H3. The summed E-state index contributed by atoms with van der Waals surface area (Å²) in [5.74, 6) is 2.30. The molecule has 5 nitrogen and oxygen atoms in total. The Bertz CT molecular complexity index is 810. The molecule has 0 amide bonds. The first kappa shape index (κ1) is 12.1. The van der Waals surface area contributed by atoms with Gasteiger partial charge in [-0.25, -0.2) is 4.98 Å². The summed E-state index contributed by atoms with van der Waals surface area (Å²) in [6.07, 6.45) is 3.93. The van der Waals surface area contributed by atoms with Crippen LogP contribution in [0.15, 0.2) is 42.7 Å². The van der Waals surface area contributed by atoms with E-state index in [2.05, 4.69) is 4.98 Å². The number of benzene rings is 1. The second kappa shape index (κ2) is 4.70. The molecule has 3 aromatic rings. The van der Waals surface area contributed by atoms with Gasteiger partial charge in [-0.1, -0.05) is 0 Å². The Kier molecular flexibility index (Phi) is 2.70. The maximum atomic E-state index is 5.62. The van der Waals surface area contributed by atoms with E-state index >= 15 is 0 Å². The Morgan fingerprint density at radius 1 is 1.14 bits per heavy atom. The number of pyridine rings is 1. The van der Waals surface area contributed by atoms with Gasteiger partial charge in [-0.05, 0) is 30.3 Å². The first-order valence-electron chi connectivity index (χ1n) is 6.77. The van der Waals surface area contributed by atoms with Crippen LogP contribution in [0.3, 0.4) is 0 Å². The fraction of sp³-hybridized carbons (Fsp3) is 0.188. The summed E-state index contributed by atoms with van der Waals surface area (Å²) in [4.78, 5) is 4.64. The van der Waals surface area contributed by atoms with Crippen molar-refractivity contribution < 1.29 is 14.2 Å². The maximum absolute atomic E-state index is 5.62. The molecule has 0 fully saturated rings. The van der Waals surface area contributed by atoms with Crippen LogP contribution in [0, 0.1) is 0 Å². The third-order valence-corrected chi connectivity index (χ3v) is 3.50. The van der Waals surface area contributed by atoms with Gasteiger partial charge in [0.2, 0.25) is 0 Å². The van der Waals surface area contributed by atoms with E-state index in [9.17, 15) is 0 Å². The van der Waals surface area contributed by atoms with E-state index in [0.717, 1.165) is 34.2 Å². The van der Waals surface area contributed by atoms with Crippen LogP contribution in [0.25, 0.3) is 16.9 Å². The van der Waals surface area contributed by atoms with E-state index in [1.165, 1.54) is 0 Å². The maximum Gasteiger partial charge on any atom is 0.180 e. The Balaban J connectivity index is 1.83. The minimum Gasteiger partial charge on any atom is -0.493 e. The molecular formula is C16H14N2O3. The summed E-state index contributed by atoms with van der Waals surface area (Å²) in [7, 11) is 1.65. The lowest BCUT2D eigenvalue weighted by Crippen LogP contribution is -2.15. The number of rotatable bonds is 2. The predicted molar refractivity (Wildman–Crippen MR) is 78.2 cm³/mol. The van der Waals surface area contributed by atoms with E-state index < -0.39 is 0 Å². The number of hydrogen-bond donors (Lipinski definition) is 0. The van der Waals surface area contributed by atoms with Crippen LogP contribution in [0.1, 0.15) is 0 Å². The van der Waals surface area contributed by atoms with Crippen molar-refractivity contribution in [1.82, 2.24) is 9.38 Å². The molecule has 0 N–H and O–H groups in total. The van der Waals surface area contributed by atoms with Crippen molar-refractivity contribution in [3.63, 3.8) is 0 Å². The van der Waals surface area contributed by atoms with Crippen LogP contribution in [0.5, 0.6) is 17.2 Å². The summed E-state index contributed by atoms with van der Waals surface area (Å²) in [6, 6.07) is 9.70. The number of imidazole rings is 1. The quantitative estimate of drug-likeness (QED) is 0.725. The molecule has 1 aliphatic rings. The van der Waals surface area contributed by atoms with Crippen LogP contribution in [0.4, 0.5) is 0 Å². The van der Waals surface area contributed by atoms with Gasteiger partial charge in [0.15, 0.2) is 22.9 Å². The van der Waals surface area contributed by atoms with Gasteiger partial charge in [0, 0.05) is 18.0 Å². The highest BCUT2D eigenvalue weighted by Crippen LogP contribution is 2.34. The van der Waals surface area contributed by atoms with Gasteiger partial charge in [0.05, 0.1) is 12.8 Å². The van der Waals surface area contributed by atoms with Gasteiger partial charge in [-0.2, -0.15) is 0 Å². The van der Waals surface area contributed by atoms with Gasteiger partial charge in [0.25, 0.3) is 0 Å². The van der Waals surface area contributed by atoms with Crippen molar-refractivity contribution in [2.24, 2.45) is 0 Å². The van der Waals surface area contributed by atoms with Crippen molar-refractivity contribution in [1.29, 1.82) is 0 Å². The molecule has 0 aliphatic carbocycles. The normalized spacial score (nSPS) is 13.4. The largest absolute Gasteiger partial charge is 0.493 e. The molecule has 0 saturated carbocycles. The van der Waals surface area contributed by atoms with Crippen molar-refractivity contribution in [3.05, 3.63) is 42.7 Å². The summed E-state index contributed by atoms with van der Waals surface area (Å²) in [5, 5.41) is 0. The molecule has 106 valence electrons. The highest BCUT2D eigenvalue weighted by atomic mass is 16.6. The molecule has 0 saturated heterocycles. The molecule has 4 rings (SSSR count). The lowest BCUT2D eigenvalue weighted by molar-refractivity contribution is 0.171. The number of hydrogen-bond acceptors (Lipinski definition) is 4. The monoisotopic (exact) mass is 282 g/mol.